The molecule has 0 radical (unpaired) electrons. The number of aromatic nitrogens is 2. The van der Waals surface area contributed by atoms with Gasteiger partial charge in [-0.3, -0.25) is 0 Å². The first-order valence-electron chi connectivity index (χ1n) is 23.1. The van der Waals surface area contributed by atoms with Gasteiger partial charge in [0.25, 0.3) is 0 Å². The lowest BCUT2D eigenvalue weighted by Crippen LogP contribution is -2.29. The van der Waals surface area contributed by atoms with Crippen LogP contribution in [0, 0.1) is 5.92 Å². The molecule has 2 nitrogen and oxygen atoms in total. The van der Waals surface area contributed by atoms with Crippen molar-refractivity contribution in [3.8, 4) is 11.4 Å². The quantitative estimate of drug-likeness (QED) is 0.121. The maximum Gasteiger partial charge on any atom is 0.0711 e. The van der Waals surface area contributed by atoms with E-state index in [1.165, 1.54) is 185 Å². The van der Waals surface area contributed by atoms with Gasteiger partial charge in [0.15, 0.2) is 0 Å². The lowest BCUT2D eigenvalue weighted by Gasteiger charge is -2.36. The highest BCUT2D eigenvalue weighted by atomic mass is 32.1. The van der Waals surface area contributed by atoms with E-state index in [1.54, 1.807) is 0 Å². The summed E-state index contributed by atoms with van der Waals surface area (Å²) in [7, 11) is 0. The van der Waals surface area contributed by atoms with Crippen molar-refractivity contribution in [1.82, 2.24) is 9.13 Å². The maximum atomic E-state index is 2.53. The summed E-state index contributed by atoms with van der Waals surface area (Å²) in [6.45, 7) is 5.05. The zero-order chi connectivity index (χ0) is 39.3. The van der Waals surface area contributed by atoms with Gasteiger partial charge in [-0.15, -0.1) is 22.7 Å². The van der Waals surface area contributed by atoms with E-state index in [0.29, 0.717) is 5.92 Å². The van der Waals surface area contributed by atoms with Crippen LogP contribution in [0.3, 0.4) is 0 Å². The SMILES string of the molecule is CC(C)(c1ccc(-n2c3ccccc3sc3c4sc5ccccc5n(-c5ccc(C6CCCCCCCCC6)cc5)c4ccc32)cc1)C1CCCCCCCCCC1. The molecular weight excluding hydrogens is 741 g/mol. The average Bonchev–Trinajstić information content (AvgIpc) is 3.33. The Hall–Kier alpha value is -3.86. The second-order valence-corrected chi connectivity index (χ2v) is 20.4. The molecule has 0 unspecified atom stereocenters. The first kappa shape index (κ1) is 39.6. The molecule has 2 aliphatic rings. The summed E-state index contributed by atoms with van der Waals surface area (Å²) in [5, 5.41) is 0. The van der Waals surface area contributed by atoms with E-state index in [1.807, 2.05) is 22.7 Å². The lowest BCUT2D eigenvalue weighted by atomic mass is 9.69. The molecule has 0 bridgehead atoms. The normalized spacial score (nSPS) is 17.8. The highest BCUT2D eigenvalue weighted by molar-refractivity contribution is 7.32. The monoisotopic (exact) mass is 804 g/mol. The first-order valence-corrected chi connectivity index (χ1v) is 24.7. The molecule has 302 valence electrons. The Labute approximate surface area is 355 Å². The van der Waals surface area contributed by atoms with Gasteiger partial charge in [0.2, 0.25) is 0 Å². The van der Waals surface area contributed by atoms with E-state index in [-0.39, 0.29) is 5.41 Å². The third kappa shape index (κ3) is 8.30. The number of hydrogen-bond donors (Lipinski definition) is 0. The molecule has 2 aliphatic carbocycles. The molecule has 9 rings (SSSR count). The molecular formula is C54H64N2S2. The molecule has 4 heteroatoms. The molecule has 5 aromatic carbocycles. The van der Waals surface area contributed by atoms with Crippen LogP contribution >= 0.6 is 22.7 Å². The average molecular weight is 805 g/mol. The van der Waals surface area contributed by atoms with E-state index in [4.69, 9.17) is 0 Å². The van der Waals surface area contributed by atoms with Crippen molar-refractivity contribution in [2.24, 2.45) is 5.92 Å². The number of fused-ring (bicyclic) bond motifs is 5. The molecule has 58 heavy (non-hydrogen) atoms. The van der Waals surface area contributed by atoms with Crippen molar-refractivity contribution in [3.05, 3.63) is 120 Å². The standard InChI is InChI=1S/C54H64N2S2/c1-54(2,42-24-16-12-8-3-4-9-13-17-25-42)43-32-36-45(37-33-43)56-47-27-19-21-29-51(47)58-53-49(56)39-38-48-52(53)57-50-28-20-18-26-46(50)55(48)44-34-30-41(31-35-44)40-22-14-10-6-5-7-11-15-23-40/h18-21,26-40,42H,3-17,22-25H2,1-2H3. The number of rotatable bonds is 5. The summed E-state index contributed by atoms with van der Waals surface area (Å²) in [6, 6.07) is 42.3. The van der Waals surface area contributed by atoms with Crippen LogP contribution < -0.4 is 0 Å². The highest BCUT2D eigenvalue weighted by Crippen LogP contribution is 2.43. The second kappa shape index (κ2) is 18.2. The zero-order valence-electron chi connectivity index (χ0n) is 35.2. The fourth-order valence-corrected chi connectivity index (χ4v) is 13.0. The minimum Gasteiger partial charge on any atom is -0.308 e. The Morgan fingerprint density at radius 2 is 0.810 bits per heavy atom. The van der Waals surface area contributed by atoms with Gasteiger partial charge in [-0.05, 0) is 115 Å². The van der Waals surface area contributed by atoms with Gasteiger partial charge in [0.1, 0.15) is 0 Å². The molecule has 0 saturated heterocycles. The van der Waals surface area contributed by atoms with Crippen molar-refractivity contribution in [1.29, 1.82) is 0 Å². The minimum atomic E-state index is 0.152. The fraction of sp³-hybridized carbons (Fsp3) is 0.444. The van der Waals surface area contributed by atoms with Crippen molar-refractivity contribution >= 4 is 63.5 Å². The third-order valence-corrected chi connectivity index (χ3v) is 16.7. The Kier molecular flexibility index (Phi) is 12.4. The van der Waals surface area contributed by atoms with Crippen LogP contribution in [0.4, 0.5) is 0 Å². The second-order valence-electron chi connectivity index (χ2n) is 18.3. The number of nitrogens with zero attached hydrogens (tertiary/aromatic N) is 2. The van der Waals surface area contributed by atoms with Crippen LogP contribution in [-0.2, 0) is 5.41 Å². The van der Waals surface area contributed by atoms with Gasteiger partial charge in [-0.25, -0.2) is 0 Å². The fourth-order valence-electron chi connectivity index (χ4n) is 10.6. The molecule has 0 N–H and O–H groups in total. The summed E-state index contributed by atoms with van der Waals surface area (Å²) in [4.78, 5) is 0. The van der Waals surface area contributed by atoms with Crippen LogP contribution in [-0.4, -0.2) is 9.13 Å². The Morgan fingerprint density at radius 1 is 0.414 bits per heavy atom. The van der Waals surface area contributed by atoms with Crippen molar-refractivity contribution in [3.63, 3.8) is 0 Å². The lowest BCUT2D eigenvalue weighted by molar-refractivity contribution is 0.266. The summed E-state index contributed by atoms with van der Waals surface area (Å²) in [6.07, 6.45) is 26.4. The molecule has 2 fully saturated rings. The molecule has 2 aromatic heterocycles. The first-order chi connectivity index (χ1) is 28.6. The maximum absolute atomic E-state index is 2.53. The smallest absolute Gasteiger partial charge is 0.0711 e. The summed E-state index contributed by atoms with van der Waals surface area (Å²) in [5.74, 6) is 1.41. The van der Waals surface area contributed by atoms with Crippen LogP contribution in [0.25, 0.3) is 52.2 Å². The van der Waals surface area contributed by atoms with Crippen molar-refractivity contribution in [2.75, 3.05) is 0 Å². The van der Waals surface area contributed by atoms with Crippen LogP contribution in [0.1, 0.15) is 153 Å². The molecule has 2 heterocycles. The Balaban J connectivity index is 1.13. The largest absolute Gasteiger partial charge is 0.308 e. The minimum absolute atomic E-state index is 0.152. The molecule has 0 atom stereocenters. The van der Waals surface area contributed by atoms with E-state index in [0.717, 1.165) is 5.92 Å². The van der Waals surface area contributed by atoms with Gasteiger partial charge in [-0.1, -0.05) is 159 Å². The van der Waals surface area contributed by atoms with Crippen molar-refractivity contribution < 1.29 is 0 Å². The van der Waals surface area contributed by atoms with Crippen LogP contribution in [0.5, 0.6) is 0 Å². The molecule has 0 aliphatic heterocycles. The summed E-state index contributed by atoms with van der Waals surface area (Å²) >= 11 is 3.88. The molecule has 7 aromatic rings. The highest BCUT2D eigenvalue weighted by Gasteiger charge is 2.31. The van der Waals surface area contributed by atoms with Crippen LogP contribution in [0.15, 0.2) is 109 Å². The third-order valence-electron chi connectivity index (χ3n) is 14.2. The van der Waals surface area contributed by atoms with Crippen LogP contribution in [0.2, 0.25) is 0 Å². The zero-order valence-corrected chi connectivity index (χ0v) is 36.8. The molecule has 0 spiro atoms. The van der Waals surface area contributed by atoms with E-state index < -0.39 is 0 Å². The number of benzene rings is 5. The van der Waals surface area contributed by atoms with E-state index in [2.05, 4.69) is 132 Å². The molecule has 0 amide bonds. The Morgan fingerprint density at radius 3 is 1.28 bits per heavy atom. The van der Waals surface area contributed by atoms with Gasteiger partial charge >= 0.3 is 0 Å². The predicted molar refractivity (Wildman–Crippen MR) is 255 cm³/mol. The molecule has 2 saturated carbocycles. The van der Waals surface area contributed by atoms with Crippen molar-refractivity contribution in [2.45, 2.75) is 147 Å². The van der Waals surface area contributed by atoms with E-state index >= 15 is 0 Å². The summed E-state index contributed by atoms with van der Waals surface area (Å²) < 4.78 is 10.4. The number of hydrogen-bond acceptors (Lipinski definition) is 2. The van der Waals surface area contributed by atoms with E-state index in [9.17, 15) is 0 Å². The van der Waals surface area contributed by atoms with Gasteiger partial charge in [0, 0.05) is 11.4 Å². The topological polar surface area (TPSA) is 9.86 Å². The number of para-hydroxylation sites is 2. The van der Waals surface area contributed by atoms with Gasteiger partial charge < -0.3 is 9.13 Å². The van der Waals surface area contributed by atoms with Gasteiger partial charge in [-0.2, -0.15) is 0 Å². The van der Waals surface area contributed by atoms with Gasteiger partial charge in [0.05, 0.1) is 40.9 Å². The predicted octanol–water partition coefficient (Wildman–Crippen LogP) is 17.5. The summed E-state index contributed by atoms with van der Waals surface area (Å²) in [5.41, 5.74) is 10.7. The Bertz CT molecular complexity index is 2460.